The van der Waals surface area contributed by atoms with E-state index in [4.69, 9.17) is 9.47 Å². The summed E-state index contributed by atoms with van der Waals surface area (Å²) in [6.45, 7) is 6.05. The molecule has 1 saturated carbocycles. The minimum atomic E-state index is -0.542. The van der Waals surface area contributed by atoms with E-state index in [0.717, 1.165) is 31.3 Å². The molecule has 0 aromatic carbocycles. The van der Waals surface area contributed by atoms with Crippen molar-refractivity contribution in [3.63, 3.8) is 0 Å². The summed E-state index contributed by atoms with van der Waals surface area (Å²) in [4.78, 5) is 23.8. The Labute approximate surface area is 108 Å². The van der Waals surface area contributed by atoms with Crippen LogP contribution < -0.4 is 0 Å². The summed E-state index contributed by atoms with van der Waals surface area (Å²) >= 11 is 0. The second-order valence-electron chi connectivity index (χ2n) is 4.49. The van der Waals surface area contributed by atoms with Gasteiger partial charge in [0.1, 0.15) is 5.57 Å². The normalized spacial score (nSPS) is 19.3. The number of allylic oxidation sites excluding steroid dienone is 1. The van der Waals surface area contributed by atoms with Crippen LogP contribution in [0.1, 0.15) is 46.5 Å². The van der Waals surface area contributed by atoms with E-state index in [1.54, 1.807) is 13.8 Å². The summed E-state index contributed by atoms with van der Waals surface area (Å²) in [6, 6.07) is 0. The largest absolute Gasteiger partial charge is 0.462 e. The summed E-state index contributed by atoms with van der Waals surface area (Å²) in [5.74, 6) is -0.832. The molecule has 0 aliphatic heterocycles. The topological polar surface area (TPSA) is 52.6 Å². The maximum absolute atomic E-state index is 11.9. The Kier molecular flexibility index (Phi) is 5.89. The van der Waals surface area contributed by atoms with E-state index in [-0.39, 0.29) is 24.7 Å². The molecule has 0 spiro atoms. The molecule has 1 rings (SSSR count). The van der Waals surface area contributed by atoms with Gasteiger partial charge in [-0.25, -0.2) is 9.59 Å². The van der Waals surface area contributed by atoms with E-state index in [9.17, 15) is 9.59 Å². The van der Waals surface area contributed by atoms with Crippen molar-refractivity contribution < 1.29 is 19.1 Å². The van der Waals surface area contributed by atoms with E-state index in [1.165, 1.54) is 0 Å². The van der Waals surface area contributed by atoms with Gasteiger partial charge in [0.2, 0.25) is 0 Å². The maximum atomic E-state index is 11.9. The van der Waals surface area contributed by atoms with Crippen molar-refractivity contribution in [1.29, 1.82) is 0 Å². The fourth-order valence-electron chi connectivity index (χ4n) is 2.31. The second kappa shape index (κ2) is 7.19. The van der Waals surface area contributed by atoms with Crippen LogP contribution in [0.4, 0.5) is 0 Å². The number of ether oxygens (including phenoxy) is 2. The smallest absolute Gasteiger partial charge is 0.345 e. The first-order valence-electron chi connectivity index (χ1n) is 6.69. The molecule has 4 nitrogen and oxygen atoms in total. The van der Waals surface area contributed by atoms with Crippen LogP contribution in [0.15, 0.2) is 11.1 Å². The lowest BCUT2D eigenvalue weighted by Crippen LogP contribution is -2.23. The van der Waals surface area contributed by atoms with Crippen LogP contribution in [0.2, 0.25) is 0 Å². The zero-order chi connectivity index (χ0) is 13.5. The molecule has 0 radical (unpaired) electrons. The molecule has 1 aliphatic rings. The van der Waals surface area contributed by atoms with Gasteiger partial charge in [-0.05, 0) is 44.6 Å². The van der Waals surface area contributed by atoms with Gasteiger partial charge in [-0.2, -0.15) is 0 Å². The lowest BCUT2D eigenvalue weighted by atomic mass is 9.82. The van der Waals surface area contributed by atoms with Gasteiger partial charge < -0.3 is 9.47 Å². The Morgan fingerprint density at radius 2 is 1.67 bits per heavy atom. The first-order chi connectivity index (χ1) is 8.61. The lowest BCUT2D eigenvalue weighted by Gasteiger charge is -2.23. The van der Waals surface area contributed by atoms with E-state index in [2.05, 4.69) is 0 Å². The van der Waals surface area contributed by atoms with Crippen molar-refractivity contribution in [2.75, 3.05) is 13.2 Å². The predicted octanol–water partition coefficient (Wildman–Crippen LogP) is 2.62. The van der Waals surface area contributed by atoms with E-state index >= 15 is 0 Å². The average Bonchev–Trinajstić information content (AvgIpc) is 2.33. The van der Waals surface area contributed by atoms with Crippen LogP contribution in [-0.4, -0.2) is 25.2 Å². The number of hydrogen-bond donors (Lipinski definition) is 0. The highest BCUT2D eigenvalue weighted by atomic mass is 16.6. The Morgan fingerprint density at radius 3 is 2.11 bits per heavy atom. The van der Waals surface area contributed by atoms with Gasteiger partial charge in [0.25, 0.3) is 0 Å². The minimum absolute atomic E-state index is 0.130. The summed E-state index contributed by atoms with van der Waals surface area (Å²) in [6.07, 6.45) is 3.96. The maximum Gasteiger partial charge on any atom is 0.345 e. The summed E-state index contributed by atoms with van der Waals surface area (Å²) in [5.41, 5.74) is 1.03. The second-order valence-corrected chi connectivity index (χ2v) is 4.49. The molecule has 1 atom stereocenters. The number of carbonyl (C=O) groups excluding carboxylic acids is 2. The molecule has 0 unspecified atom stereocenters. The third-order valence-electron chi connectivity index (χ3n) is 3.21. The van der Waals surface area contributed by atoms with E-state index in [1.807, 2.05) is 6.92 Å². The predicted molar refractivity (Wildman–Crippen MR) is 67.9 cm³/mol. The monoisotopic (exact) mass is 254 g/mol. The summed E-state index contributed by atoms with van der Waals surface area (Å²) in [7, 11) is 0. The zero-order valence-corrected chi connectivity index (χ0v) is 11.5. The van der Waals surface area contributed by atoms with Gasteiger partial charge in [0.05, 0.1) is 13.2 Å². The Balaban J connectivity index is 3.04. The molecule has 0 aromatic heterocycles. The van der Waals surface area contributed by atoms with Gasteiger partial charge in [-0.3, -0.25) is 0 Å². The van der Waals surface area contributed by atoms with Crippen molar-refractivity contribution in [3.05, 3.63) is 11.1 Å². The summed E-state index contributed by atoms with van der Waals surface area (Å²) in [5, 5.41) is 0. The van der Waals surface area contributed by atoms with E-state index in [0.29, 0.717) is 0 Å². The van der Waals surface area contributed by atoms with Crippen LogP contribution in [0.5, 0.6) is 0 Å². The van der Waals surface area contributed by atoms with Crippen molar-refractivity contribution >= 4 is 11.9 Å². The molecule has 0 bridgehead atoms. The molecule has 18 heavy (non-hydrogen) atoms. The molecule has 1 fully saturated rings. The van der Waals surface area contributed by atoms with Crippen molar-refractivity contribution in [1.82, 2.24) is 0 Å². The van der Waals surface area contributed by atoms with Crippen LogP contribution >= 0.6 is 0 Å². The van der Waals surface area contributed by atoms with Crippen LogP contribution in [0.3, 0.4) is 0 Å². The molecular formula is C14H22O4. The van der Waals surface area contributed by atoms with Crippen molar-refractivity contribution in [3.8, 4) is 0 Å². The molecule has 0 heterocycles. The standard InChI is InChI=1S/C14H22O4/c1-4-17-13(15)12(14(16)18-5-2)11-9-7-6-8-10(11)3/h10H,4-9H2,1-3H3/t10-/m0/s1. The molecular weight excluding hydrogens is 232 g/mol. The number of rotatable bonds is 4. The Hall–Kier alpha value is -1.32. The third-order valence-corrected chi connectivity index (χ3v) is 3.21. The molecule has 1 aliphatic carbocycles. The van der Waals surface area contributed by atoms with Crippen LogP contribution in [0, 0.1) is 5.92 Å². The van der Waals surface area contributed by atoms with Crippen LogP contribution in [-0.2, 0) is 19.1 Å². The van der Waals surface area contributed by atoms with Gasteiger partial charge in [0.15, 0.2) is 0 Å². The zero-order valence-electron chi connectivity index (χ0n) is 11.5. The Bertz CT molecular complexity index is 324. The van der Waals surface area contributed by atoms with Gasteiger partial charge >= 0.3 is 11.9 Å². The van der Waals surface area contributed by atoms with E-state index < -0.39 is 11.9 Å². The Morgan fingerprint density at radius 1 is 1.11 bits per heavy atom. The average molecular weight is 254 g/mol. The first kappa shape index (κ1) is 14.7. The van der Waals surface area contributed by atoms with Crippen molar-refractivity contribution in [2.24, 2.45) is 5.92 Å². The fraction of sp³-hybridized carbons (Fsp3) is 0.714. The molecule has 0 N–H and O–H groups in total. The number of carbonyl (C=O) groups is 2. The minimum Gasteiger partial charge on any atom is -0.462 e. The van der Waals surface area contributed by atoms with Gasteiger partial charge in [-0.15, -0.1) is 0 Å². The lowest BCUT2D eigenvalue weighted by molar-refractivity contribution is -0.146. The van der Waals surface area contributed by atoms with Crippen LogP contribution in [0.25, 0.3) is 0 Å². The van der Waals surface area contributed by atoms with Crippen molar-refractivity contribution in [2.45, 2.75) is 46.5 Å². The molecule has 0 aromatic rings. The number of esters is 2. The molecule has 4 heteroatoms. The van der Waals surface area contributed by atoms with Gasteiger partial charge in [0, 0.05) is 0 Å². The highest BCUT2D eigenvalue weighted by Gasteiger charge is 2.29. The highest BCUT2D eigenvalue weighted by molar-refractivity contribution is 6.14. The fourth-order valence-corrected chi connectivity index (χ4v) is 2.31. The van der Waals surface area contributed by atoms with Gasteiger partial charge in [-0.1, -0.05) is 13.3 Å². The highest BCUT2D eigenvalue weighted by Crippen LogP contribution is 2.32. The SMILES string of the molecule is CCOC(=O)C(C(=O)OCC)=C1CCCC[C@@H]1C. The molecule has 102 valence electrons. The third kappa shape index (κ3) is 3.59. The molecule has 0 amide bonds. The quantitative estimate of drug-likeness (QED) is 0.335. The molecule has 0 saturated heterocycles. The number of hydrogen-bond acceptors (Lipinski definition) is 4. The first-order valence-corrected chi connectivity index (χ1v) is 6.69. The summed E-state index contributed by atoms with van der Waals surface area (Å²) < 4.78 is 9.95.